The maximum absolute atomic E-state index is 13.0. The molecular formula is C27H29NO3S. The number of benzene rings is 3. The van der Waals surface area contributed by atoms with Crippen molar-refractivity contribution in [3.8, 4) is 11.1 Å². The topological polar surface area (TPSA) is 66.4 Å². The molecule has 166 valence electrons. The molecule has 3 aromatic rings. The van der Waals surface area contributed by atoms with Gasteiger partial charge in [-0.1, -0.05) is 72.8 Å². The van der Waals surface area contributed by atoms with Crippen LogP contribution in [0.3, 0.4) is 0 Å². The lowest BCUT2D eigenvalue weighted by atomic mass is 9.94. The minimum Gasteiger partial charge on any atom is -0.480 e. The molecule has 1 unspecified atom stereocenters. The van der Waals surface area contributed by atoms with Crippen molar-refractivity contribution in [2.24, 2.45) is 0 Å². The summed E-state index contributed by atoms with van der Waals surface area (Å²) >= 11 is 1.56. The zero-order valence-corrected chi connectivity index (χ0v) is 19.1. The Hall–Kier alpha value is -3.05. The summed E-state index contributed by atoms with van der Waals surface area (Å²) in [7, 11) is 0. The lowest BCUT2D eigenvalue weighted by Crippen LogP contribution is -2.41. The monoisotopic (exact) mass is 447 g/mol. The van der Waals surface area contributed by atoms with E-state index in [0.717, 1.165) is 36.0 Å². The fraction of sp³-hybridized carbons (Fsp3) is 0.259. The number of nitrogens with one attached hydrogen (secondary N) is 1. The number of carboxylic acid groups (broad SMARTS) is 1. The van der Waals surface area contributed by atoms with E-state index < -0.39 is 12.0 Å². The summed E-state index contributed by atoms with van der Waals surface area (Å²) < 4.78 is 0. The van der Waals surface area contributed by atoms with Gasteiger partial charge >= 0.3 is 5.97 Å². The quantitative estimate of drug-likeness (QED) is 0.409. The molecule has 0 saturated carbocycles. The highest BCUT2D eigenvalue weighted by Crippen LogP contribution is 2.26. The van der Waals surface area contributed by atoms with Gasteiger partial charge in [-0.2, -0.15) is 11.8 Å². The van der Waals surface area contributed by atoms with Crippen LogP contribution in [0.15, 0.2) is 78.9 Å². The van der Waals surface area contributed by atoms with Gasteiger partial charge in [0.2, 0.25) is 0 Å². The van der Waals surface area contributed by atoms with E-state index in [9.17, 15) is 14.7 Å². The first-order chi connectivity index (χ1) is 15.6. The van der Waals surface area contributed by atoms with Crippen LogP contribution in [-0.4, -0.2) is 35.0 Å². The van der Waals surface area contributed by atoms with Crippen LogP contribution in [0.5, 0.6) is 0 Å². The number of rotatable bonds is 11. The van der Waals surface area contributed by atoms with Crippen molar-refractivity contribution in [1.29, 1.82) is 0 Å². The number of thioether (sulfide) groups is 1. The summed E-state index contributed by atoms with van der Waals surface area (Å²) in [6, 6.07) is 25.1. The zero-order valence-electron chi connectivity index (χ0n) is 18.3. The second-order valence-electron chi connectivity index (χ2n) is 7.73. The smallest absolute Gasteiger partial charge is 0.326 e. The molecule has 0 radical (unpaired) electrons. The van der Waals surface area contributed by atoms with Crippen LogP contribution in [0.2, 0.25) is 0 Å². The zero-order chi connectivity index (χ0) is 22.8. The Morgan fingerprint density at radius 1 is 0.906 bits per heavy atom. The molecule has 3 rings (SSSR count). The third kappa shape index (κ3) is 6.72. The van der Waals surface area contributed by atoms with Crippen molar-refractivity contribution in [2.45, 2.75) is 31.7 Å². The summed E-state index contributed by atoms with van der Waals surface area (Å²) in [5, 5.41) is 12.2. The predicted octanol–water partition coefficient (Wildman–Crippen LogP) is 5.47. The first kappa shape index (κ1) is 23.6. The van der Waals surface area contributed by atoms with Crippen molar-refractivity contribution >= 4 is 23.6 Å². The van der Waals surface area contributed by atoms with Crippen molar-refractivity contribution in [3.63, 3.8) is 0 Å². The van der Waals surface area contributed by atoms with Crippen LogP contribution < -0.4 is 5.32 Å². The molecule has 0 aliphatic rings. The van der Waals surface area contributed by atoms with Gasteiger partial charge in [0.15, 0.2) is 0 Å². The van der Waals surface area contributed by atoms with E-state index in [2.05, 4.69) is 35.6 Å². The van der Waals surface area contributed by atoms with Gasteiger partial charge in [0.05, 0.1) is 0 Å². The third-order valence-electron chi connectivity index (χ3n) is 5.40. The summed E-state index contributed by atoms with van der Waals surface area (Å²) in [5.74, 6) is -0.692. The van der Waals surface area contributed by atoms with Gasteiger partial charge in [0.25, 0.3) is 5.91 Å². The SMILES string of the molecule is CSCCC(NC(=O)c1ccc(CCCc2ccccc2)cc1-c1ccccc1)C(=O)O. The highest BCUT2D eigenvalue weighted by atomic mass is 32.2. The first-order valence-electron chi connectivity index (χ1n) is 10.8. The Morgan fingerprint density at radius 2 is 1.56 bits per heavy atom. The highest BCUT2D eigenvalue weighted by Gasteiger charge is 2.22. The normalized spacial score (nSPS) is 11.7. The average molecular weight is 448 g/mol. The molecule has 2 N–H and O–H groups in total. The van der Waals surface area contributed by atoms with E-state index in [1.807, 2.05) is 54.8 Å². The summed E-state index contributed by atoms with van der Waals surface area (Å²) in [5.41, 5.74) is 4.75. The van der Waals surface area contributed by atoms with E-state index in [-0.39, 0.29) is 5.91 Å². The summed E-state index contributed by atoms with van der Waals surface area (Å²) in [6.45, 7) is 0. The van der Waals surface area contributed by atoms with Crippen molar-refractivity contribution < 1.29 is 14.7 Å². The van der Waals surface area contributed by atoms with Crippen LogP contribution in [0.1, 0.15) is 34.3 Å². The molecular weight excluding hydrogens is 418 g/mol. The molecule has 3 aromatic carbocycles. The predicted molar refractivity (Wildman–Crippen MR) is 132 cm³/mol. The highest BCUT2D eigenvalue weighted by molar-refractivity contribution is 7.98. The molecule has 0 heterocycles. The van der Waals surface area contributed by atoms with Gasteiger partial charge in [-0.25, -0.2) is 4.79 Å². The molecule has 32 heavy (non-hydrogen) atoms. The molecule has 0 spiro atoms. The molecule has 0 fully saturated rings. The Balaban J connectivity index is 1.80. The van der Waals surface area contributed by atoms with Crippen LogP contribution in [-0.2, 0) is 17.6 Å². The van der Waals surface area contributed by atoms with Gasteiger partial charge in [0.1, 0.15) is 6.04 Å². The Labute approximate surface area is 194 Å². The average Bonchev–Trinajstić information content (AvgIpc) is 2.82. The Kier molecular flexibility index (Phi) is 8.93. The van der Waals surface area contributed by atoms with E-state index in [1.165, 1.54) is 5.56 Å². The molecule has 1 atom stereocenters. The lowest BCUT2D eigenvalue weighted by Gasteiger charge is -2.17. The molecule has 5 heteroatoms. The molecule has 0 bridgehead atoms. The number of amides is 1. The Bertz CT molecular complexity index is 1020. The maximum atomic E-state index is 13.0. The number of carbonyl (C=O) groups excluding carboxylic acids is 1. The molecule has 0 aliphatic heterocycles. The second-order valence-corrected chi connectivity index (χ2v) is 8.72. The minimum absolute atomic E-state index is 0.354. The van der Waals surface area contributed by atoms with Crippen molar-refractivity contribution in [3.05, 3.63) is 95.6 Å². The fourth-order valence-electron chi connectivity index (χ4n) is 3.67. The number of aliphatic carboxylic acids is 1. The summed E-state index contributed by atoms with van der Waals surface area (Å²) in [4.78, 5) is 24.6. The molecule has 1 amide bonds. The van der Waals surface area contributed by atoms with Gasteiger partial charge in [-0.3, -0.25) is 4.79 Å². The van der Waals surface area contributed by atoms with Crippen molar-refractivity contribution in [1.82, 2.24) is 5.32 Å². The lowest BCUT2D eigenvalue weighted by molar-refractivity contribution is -0.139. The van der Waals surface area contributed by atoms with Crippen LogP contribution in [0.25, 0.3) is 11.1 Å². The Morgan fingerprint density at radius 3 is 2.22 bits per heavy atom. The van der Waals surface area contributed by atoms with Gasteiger partial charge in [0, 0.05) is 5.56 Å². The largest absolute Gasteiger partial charge is 0.480 e. The van der Waals surface area contributed by atoms with E-state index in [4.69, 9.17) is 0 Å². The van der Waals surface area contributed by atoms with Gasteiger partial charge in [-0.05, 0) is 66.0 Å². The number of aryl methyl sites for hydroxylation is 2. The van der Waals surface area contributed by atoms with Crippen LogP contribution >= 0.6 is 11.8 Å². The third-order valence-corrected chi connectivity index (χ3v) is 6.05. The summed E-state index contributed by atoms with van der Waals surface area (Å²) in [6.07, 6.45) is 5.23. The van der Waals surface area contributed by atoms with E-state index >= 15 is 0 Å². The van der Waals surface area contributed by atoms with Crippen molar-refractivity contribution in [2.75, 3.05) is 12.0 Å². The van der Waals surface area contributed by atoms with E-state index in [1.54, 1.807) is 11.8 Å². The van der Waals surface area contributed by atoms with Crippen LogP contribution in [0.4, 0.5) is 0 Å². The maximum Gasteiger partial charge on any atom is 0.326 e. The molecule has 0 aromatic heterocycles. The number of carboxylic acids is 1. The molecule has 0 aliphatic carbocycles. The number of carbonyl (C=O) groups is 2. The second kappa shape index (κ2) is 12.1. The minimum atomic E-state index is -1.01. The number of hydrogen-bond acceptors (Lipinski definition) is 3. The van der Waals surface area contributed by atoms with E-state index in [0.29, 0.717) is 17.7 Å². The molecule has 4 nitrogen and oxygen atoms in total. The number of hydrogen-bond donors (Lipinski definition) is 2. The first-order valence-corrected chi connectivity index (χ1v) is 12.2. The molecule has 0 saturated heterocycles. The van der Waals surface area contributed by atoms with Gasteiger partial charge < -0.3 is 10.4 Å². The fourth-order valence-corrected chi connectivity index (χ4v) is 4.14. The standard InChI is InChI=1S/C27H29NO3S/c1-32-18-17-25(27(30)31)28-26(29)23-16-15-21(12-8-11-20-9-4-2-5-10-20)19-24(23)22-13-6-3-7-14-22/h2-7,9-10,13-16,19,25H,8,11-12,17-18H2,1H3,(H,28,29)(H,30,31). The van der Waals surface area contributed by atoms with Crippen LogP contribution in [0, 0.1) is 0 Å². The van der Waals surface area contributed by atoms with Gasteiger partial charge in [-0.15, -0.1) is 0 Å².